The number of nitrogens with one attached hydrogen (secondary N) is 1. The van der Waals surface area contributed by atoms with Crippen molar-refractivity contribution in [2.45, 2.75) is 71.4 Å². The summed E-state index contributed by atoms with van der Waals surface area (Å²) in [5.41, 5.74) is 4.07. The van der Waals surface area contributed by atoms with E-state index in [1.165, 1.54) is 32.1 Å². The third-order valence-corrected chi connectivity index (χ3v) is 7.97. The van der Waals surface area contributed by atoms with E-state index in [0.29, 0.717) is 30.2 Å². The largest absolute Gasteiger partial charge is 1.00 e. The summed E-state index contributed by atoms with van der Waals surface area (Å²) in [6.07, 6.45) is 9.69. The van der Waals surface area contributed by atoms with E-state index in [4.69, 9.17) is 0 Å². The van der Waals surface area contributed by atoms with Gasteiger partial charge in [0.05, 0.1) is 0 Å². The second kappa shape index (κ2) is 16.0. The zero-order valence-electron chi connectivity index (χ0n) is 24.3. The van der Waals surface area contributed by atoms with Crippen LogP contribution in [0.3, 0.4) is 0 Å². The molecule has 1 aliphatic rings. The summed E-state index contributed by atoms with van der Waals surface area (Å²) in [6, 6.07) is 12.5. The molecule has 1 aliphatic carbocycles. The predicted molar refractivity (Wildman–Crippen MR) is 152 cm³/mol. The van der Waals surface area contributed by atoms with Gasteiger partial charge >= 0.3 is 24.8 Å². The van der Waals surface area contributed by atoms with Crippen LogP contribution in [0.25, 0.3) is 11.1 Å². The first kappa shape index (κ1) is 32.0. The van der Waals surface area contributed by atoms with Crippen LogP contribution in [-0.4, -0.2) is 52.4 Å². The fourth-order valence-corrected chi connectivity index (χ4v) is 5.57. The molecule has 2 amide bonds. The van der Waals surface area contributed by atoms with Crippen LogP contribution in [0, 0.1) is 12.8 Å². The molecule has 1 atom stereocenters. The Labute approximate surface area is 245 Å². The van der Waals surface area contributed by atoms with Gasteiger partial charge in [0.1, 0.15) is 6.04 Å². The van der Waals surface area contributed by atoms with Crippen LogP contribution >= 0.6 is 11.8 Å². The molecule has 2 aromatic carbocycles. The molecule has 2 aromatic rings. The molecular formula is C30H41LiN2O4S. The Kier molecular flexibility index (Phi) is 13.5. The van der Waals surface area contributed by atoms with Gasteiger partial charge in [-0.25, -0.2) is 4.79 Å². The van der Waals surface area contributed by atoms with Crippen LogP contribution in [0.15, 0.2) is 42.5 Å². The number of carboxylic acids is 1. The van der Waals surface area contributed by atoms with E-state index < -0.39 is 17.9 Å². The molecule has 0 radical (unpaired) electrons. The van der Waals surface area contributed by atoms with Crippen molar-refractivity contribution in [1.82, 2.24) is 10.2 Å². The Hall–Kier alpha value is -2.20. The molecule has 38 heavy (non-hydrogen) atoms. The quantitative estimate of drug-likeness (QED) is 0.411. The van der Waals surface area contributed by atoms with E-state index in [1.807, 2.05) is 54.5 Å². The van der Waals surface area contributed by atoms with Crippen LogP contribution in [-0.2, 0) is 16.1 Å². The van der Waals surface area contributed by atoms with Gasteiger partial charge in [-0.05, 0) is 72.1 Å². The van der Waals surface area contributed by atoms with Crippen molar-refractivity contribution in [3.8, 4) is 11.1 Å². The minimum atomic E-state index is -1.04. The van der Waals surface area contributed by atoms with Crippen molar-refractivity contribution in [2.24, 2.45) is 5.92 Å². The molecule has 0 unspecified atom stereocenters. The van der Waals surface area contributed by atoms with E-state index in [-0.39, 0.29) is 26.2 Å². The van der Waals surface area contributed by atoms with E-state index >= 15 is 0 Å². The first-order valence-corrected chi connectivity index (χ1v) is 14.7. The van der Waals surface area contributed by atoms with Crippen LogP contribution in [0.1, 0.15) is 74.8 Å². The summed E-state index contributed by atoms with van der Waals surface area (Å²) in [5, 5.41) is 12.3. The van der Waals surface area contributed by atoms with Crippen molar-refractivity contribution < 1.29 is 39.8 Å². The summed E-state index contributed by atoms with van der Waals surface area (Å²) in [6.45, 7) is 4.83. The molecule has 202 valence electrons. The summed E-state index contributed by atoms with van der Waals surface area (Å²) in [7, 11) is 0. The number of hydrogen-bond donors (Lipinski definition) is 2. The molecular weight excluding hydrogens is 491 g/mol. The van der Waals surface area contributed by atoms with Crippen molar-refractivity contribution in [1.29, 1.82) is 0 Å². The summed E-state index contributed by atoms with van der Waals surface area (Å²) < 4.78 is 0. The maximum Gasteiger partial charge on any atom is 1.00 e. The fourth-order valence-electron chi connectivity index (χ4n) is 5.10. The normalized spacial score (nSPS) is 14.3. The van der Waals surface area contributed by atoms with Crippen molar-refractivity contribution in [3.05, 3.63) is 59.2 Å². The molecule has 0 aliphatic heterocycles. The second-order valence-corrected chi connectivity index (χ2v) is 11.1. The minimum absolute atomic E-state index is 0. The maximum absolute atomic E-state index is 13.3. The van der Waals surface area contributed by atoms with Crippen LogP contribution in [0.4, 0.5) is 0 Å². The van der Waals surface area contributed by atoms with Gasteiger partial charge in [-0.3, -0.25) is 9.59 Å². The Bertz CT molecular complexity index is 1090. The van der Waals surface area contributed by atoms with E-state index in [2.05, 4.69) is 5.32 Å². The average Bonchev–Trinajstić information content (AvgIpc) is 2.89. The van der Waals surface area contributed by atoms with E-state index in [9.17, 15) is 19.5 Å². The van der Waals surface area contributed by atoms with Crippen molar-refractivity contribution in [3.63, 3.8) is 0 Å². The standard InChI is InChI=1S/C30H40N2O4S.Li.H/c1-21-9-7-8-12-25(21)27-19-24(20-32(22(2)33)17-15-23-10-5-4-6-11-23)13-14-26(27)29(34)31-28(30(35)36)16-18-37-3;;/h7-9,12-14,19,23,28H,4-6,10-11,15-18,20H2,1-3H3,(H,31,34)(H,35,36);;/q;+1;-1/t28-;;/m0../s1. The summed E-state index contributed by atoms with van der Waals surface area (Å²) in [4.78, 5) is 39.4. The van der Waals surface area contributed by atoms with Gasteiger partial charge < -0.3 is 16.7 Å². The van der Waals surface area contributed by atoms with Gasteiger partial charge in [0.2, 0.25) is 5.91 Å². The van der Waals surface area contributed by atoms with Gasteiger partial charge in [-0.2, -0.15) is 11.8 Å². The Balaban J connectivity index is 0.00000380. The third kappa shape index (κ3) is 9.22. The molecule has 0 heterocycles. The maximum atomic E-state index is 13.3. The van der Waals surface area contributed by atoms with Crippen LogP contribution < -0.4 is 24.2 Å². The third-order valence-electron chi connectivity index (χ3n) is 7.33. The van der Waals surface area contributed by atoms with Gasteiger partial charge in [0, 0.05) is 25.6 Å². The number of aliphatic carboxylic acids is 1. The van der Waals surface area contributed by atoms with Crippen molar-refractivity contribution in [2.75, 3.05) is 18.6 Å². The zero-order chi connectivity index (χ0) is 26.8. The predicted octanol–water partition coefficient (Wildman–Crippen LogP) is 3.03. The Morgan fingerprint density at radius 1 is 1.11 bits per heavy atom. The molecule has 0 saturated heterocycles. The van der Waals surface area contributed by atoms with Gasteiger partial charge in [0.15, 0.2) is 0 Å². The van der Waals surface area contributed by atoms with Gasteiger partial charge in [-0.15, -0.1) is 0 Å². The van der Waals surface area contributed by atoms with E-state index in [0.717, 1.165) is 35.2 Å². The molecule has 0 aromatic heterocycles. The van der Waals surface area contributed by atoms with E-state index in [1.54, 1.807) is 24.8 Å². The number of carboxylic acid groups (broad SMARTS) is 1. The number of amides is 2. The summed E-state index contributed by atoms with van der Waals surface area (Å²) >= 11 is 1.55. The van der Waals surface area contributed by atoms with Gasteiger partial charge in [0.25, 0.3) is 5.91 Å². The molecule has 2 N–H and O–H groups in total. The smallest absolute Gasteiger partial charge is 1.00 e. The average molecular weight is 533 g/mol. The van der Waals surface area contributed by atoms with Crippen LogP contribution in [0.2, 0.25) is 0 Å². The topological polar surface area (TPSA) is 86.7 Å². The summed E-state index contributed by atoms with van der Waals surface area (Å²) in [5.74, 6) is -0.0565. The Morgan fingerprint density at radius 3 is 2.45 bits per heavy atom. The molecule has 1 saturated carbocycles. The number of carbonyl (C=O) groups excluding carboxylic acids is 2. The molecule has 3 rings (SSSR count). The molecule has 1 fully saturated rings. The number of thioether (sulfide) groups is 1. The van der Waals surface area contributed by atoms with Crippen LogP contribution in [0.5, 0.6) is 0 Å². The van der Waals surface area contributed by atoms with Crippen molar-refractivity contribution >= 4 is 29.5 Å². The number of nitrogens with zero attached hydrogens (tertiary/aromatic N) is 1. The molecule has 0 bridgehead atoms. The second-order valence-electron chi connectivity index (χ2n) is 10.1. The number of benzene rings is 2. The first-order valence-electron chi connectivity index (χ1n) is 13.3. The molecule has 6 nitrogen and oxygen atoms in total. The number of hydrogen-bond acceptors (Lipinski definition) is 4. The Morgan fingerprint density at radius 2 is 1.82 bits per heavy atom. The minimum Gasteiger partial charge on any atom is -1.00 e. The first-order chi connectivity index (χ1) is 17.8. The fraction of sp³-hybridized carbons (Fsp3) is 0.500. The molecule has 0 spiro atoms. The zero-order valence-corrected chi connectivity index (χ0v) is 24.1. The number of carbonyl (C=O) groups is 3. The number of aryl methyl sites for hydroxylation is 1. The monoisotopic (exact) mass is 532 g/mol. The molecule has 8 heteroatoms. The SMILES string of the molecule is CSCC[C@H](NC(=O)c1ccc(CN(CCC2CCCCC2)C(C)=O)cc1-c1ccccc1C)C(=O)O.[H-].[Li+]. The van der Waals surface area contributed by atoms with Gasteiger partial charge in [-0.1, -0.05) is 62.4 Å². The number of rotatable bonds is 12.